The van der Waals surface area contributed by atoms with Crippen molar-refractivity contribution in [3.05, 3.63) is 41.9 Å². The maximum Gasteiger partial charge on any atom is 0.470 e. The van der Waals surface area contributed by atoms with Crippen LogP contribution in [0.4, 0.5) is 28.0 Å². The fourth-order valence-corrected chi connectivity index (χ4v) is 2.63. The molecule has 0 saturated carbocycles. The molecule has 1 atom stereocenters. The van der Waals surface area contributed by atoms with E-state index in [4.69, 9.17) is 0 Å². The SMILES string of the molecule is O=C(Nc1ccccc1F)N1CCCC(c2nnc(C(F)(F)F)o2)C1. The Labute approximate surface area is 139 Å². The average molecular weight is 358 g/mol. The molecule has 2 heterocycles. The van der Waals surface area contributed by atoms with Crippen LogP contribution in [0.5, 0.6) is 0 Å². The number of halogens is 4. The Morgan fingerprint density at radius 2 is 2.04 bits per heavy atom. The Morgan fingerprint density at radius 1 is 1.28 bits per heavy atom. The number of nitrogens with one attached hydrogen (secondary N) is 1. The number of piperidine rings is 1. The van der Waals surface area contributed by atoms with Gasteiger partial charge in [-0.3, -0.25) is 0 Å². The molecule has 2 aromatic rings. The van der Waals surface area contributed by atoms with E-state index in [2.05, 4.69) is 19.9 Å². The first-order chi connectivity index (χ1) is 11.8. The predicted octanol–water partition coefficient (Wildman–Crippen LogP) is 3.64. The van der Waals surface area contributed by atoms with E-state index in [-0.39, 0.29) is 18.1 Å². The maximum absolute atomic E-state index is 13.6. The number of benzene rings is 1. The predicted molar refractivity (Wildman–Crippen MR) is 78.3 cm³/mol. The molecule has 6 nitrogen and oxygen atoms in total. The van der Waals surface area contributed by atoms with Crippen LogP contribution < -0.4 is 5.32 Å². The quantitative estimate of drug-likeness (QED) is 0.832. The second-order valence-electron chi connectivity index (χ2n) is 5.64. The zero-order chi connectivity index (χ0) is 18.0. The van der Waals surface area contributed by atoms with E-state index >= 15 is 0 Å². The first-order valence-electron chi connectivity index (χ1n) is 7.55. The van der Waals surface area contributed by atoms with Crippen LogP contribution in [-0.2, 0) is 6.18 Å². The van der Waals surface area contributed by atoms with E-state index in [0.717, 1.165) is 0 Å². The second-order valence-corrected chi connectivity index (χ2v) is 5.64. The van der Waals surface area contributed by atoms with Crippen LogP contribution in [0, 0.1) is 5.82 Å². The minimum atomic E-state index is -4.71. The number of nitrogens with zero attached hydrogens (tertiary/aromatic N) is 3. The van der Waals surface area contributed by atoms with Gasteiger partial charge in [-0.15, -0.1) is 10.2 Å². The molecule has 0 aliphatic carbocycles. The highest BCUT2D eigenvalue weighted by atomic mass is 19.4. The third-order valence-corrected chi connectivity index (χ3v) is 3.86. The highest BCUT2D eigenvalue weighted by molar-refractivity contribution is 5.89. The average Bonchev–Trinajstić information content (AvgIpc) is 3.07. The lowest BCUT2D eigenvalue weighted by molar-refractivity contribution is -0.157. The highest BCUT2D eigenvalue weighted by Crippen LogP contribution is 2.32. The van der Waals surface area contributed by atoms with Gasteiger partial charge < -0.3 is 14.6 Å². The summed E-state index contributed by atoms with van der Waals surface area (Å²) in [6, 6.07) is 5.17. The van der Waals surface area contributed by atoms with Gasteiger partial charge >= 0.3 is 18.1 Å². The number of likely N-dealkylation sites (tertiary alicyclic amines) is 1. The van der Waals surface area contributed by atoms with Crippen molar-refractivity contribution in [2.45, 2.75) is 24.9 Å². The standard InChI is InChI=1S/C15H14F4N4O2/c16-10-5-1-2-6-11(10)20-14(24)23-7-3-4-9(8-23)12-21-22-13(25-12)15(17,18)19/h1-2,5-6,9H,3-4,7-8H2,(H,20,24). The Balaban J connectivity index is 1.67. The van der Waals surface area contributed by atoms with Crippen LogP contribution in [0.2, 0.25) is 0 Å². The van der Waals surface area contributed by atoms with Gasteiger partial charge in [0.2, 0.25) is 5.89 Å². The van der Waals surface area contributed by atoms with Crippen LogP contribution in [0.3, 0.4) is 0 Å². The number of alkyl halides is 3. The van der Waals surface area contributed by atoms with Crippen molar-refractivity contribution < 1.29 is 26.8 Å². The van der Waals surface area contributed by atoms with Gasteiger partial charge in [-0.25, -0.2) is 9.18 Å². The van der Waals surface area contributed by atoms with Gasteiger partial charge in [-0.05, 0) is 25.0 Å². The van der Waals surface area contributed by atoms with Crippen LogP contribution >= 0.6 is 0 Å². The number of anilines is 1. The summed E-state index contributed by atoms with van der Waals surface area (Å²) in [5.74, 6) is -2.63. The van der Waals surface area contributed by atoms with E-state index < -0.39 is 29.8 Å². The van der Waals surface area contributed by atoms with Gasteiger partial charge in [0.15, 0.2) is 0 Å². The molecule has 3 rings (SSSR count). The Hall–Kier alpha value is -2.65. The summed E-state index contributed by atoms with van der Waals surface area (Å²) in [5.41, 5.74) is 0.0340. The Bertz CT molecular complexity index is 762. The van der Waals surface area contributed by atoms with Crippen molar-refractivity contribution in [3.8, 4) is 0 Å². The van der Waals surface area contributed by atoms with Gasteiger partial charge in [-0.1, -0.05) is 12.1 Å². The number of hydrogen-bond acceptors (Lipinski definition) is 4. The smallest absolute Gasteiger partial charge is 0.417 e. The summed E-state index contributed by atoms with van der Waals surface area (Å²) in [7, 11) is 0. The lowest BCUT2D eigenvalue weighted by Crippen LogP contribution is -2.41. The molecule has 0 bridgehead atoms. The molecule has 1 aliphatic rings. The van der Waals surface area contributed by atoms with Gasteiger partial charge in [-0.2, -0.15) is 13.2 Å². The van der Waals surface area contributed by atoms with Gasteiger partial charge in [0.25, 0.3) is 0 Å². The molecular formula is C15H14F4N4O2. The lowest BCUT2D eigenvalue weighted by Gasteiger charge is -2.31. The number of aromatic nitrogens is 2. The van der Waals surface area contributed by atoms with Crippen molar-refractivity contribution in [1.82, 2.24) is 15.1 Å². The minimum Gasteiger partial charge on any atom is -0.417 e. The number of amides is 2. The van der Waals surface area contributed by atoms with E-state index in [9.17, 15) is 22.4 Å². The van der Waals surface area contributed by atoms with Crippen LogP contribution in [-0.4, -0.2) is 34.2 Å². The topological polar surface area (TPSA) is 71.3 Å². The van der Waals surface area contributed by atoms with Gasteiger partial charge in [0, 0.05) is 13.1 Å². The monoisotopic (exact) mass is 358 g/mol. The summed E-state index contributed by atoms with van der Waals surface area (Å²) < 4.78 is 55.9. The molecular weight excluding hydrogens is 344 g/mol. The van der Waals surface area contributed by atoms with Crippen molar-refractivity contribution in [1.29, 1.82) is 0 Å². The lowest BCUT2D eigenvalue weighted by atomic mass is 9.98. The molecule has 0 spiro atoms. The second kappa shape index (κ2) is 6.69. The Kier molecular flexibility index (Phi) is 4.60. The van der Waals surface area contributed by atoms with Gasteiger partial charge in [0.05, 0.1) is 11.6 Å². The van der Waals surface area contributed by atoms with E-state index in [1.165, 1.54) is 23.1 Å². The Morgan fingerprint density at radius 3 is 2.72 bits per heavy atom. The van der Waals surface area contributed by atoms with E-state index in [0.29, 0.717) is 19.4 Å². The van der Waals surface area contributed by atoms with Crippen LogP contribution in [0.25, 0.3) is 0 Å². The van der Waals surface area contributed by atoms with Crippen molar-refractivity contribution in [2.24, 2.45) is 0 Å². The molecule has 1 N–H and O–H groups in total. The third kappa shape index (κ3) is 3.89. The van der Waals surface area contributed by atoms with Crippen molar-refractivity contribution in [2.75, 3.05) is 18.4 Å². The molecule has 2 amide bonds. The fourth-order valence-electron chi connectivity index (χ4n) is 2.63. The summed E-state index contributed by atoms with van der Waals surface area (Å²) >= 11 is 0. The van der Waals surface area contributed by atoms with E-state index in [1.807, 2.05) is 0 Å². The normalized spacial score (nSPS) is 18.2. The summed E-state index contributed by atoms with van der Waals surface area (Å²) in [6.07, 6.45) is -3.64. The number of carbonyl (C=O) groups excluding carboxylic acids is 1. The summed E-state index contributed by atoms with van der Waals surface area (Å²) in [5, 5.41) is 8.89. The first-order valence-corrected chi connectivity index (χ1v) is 7.55. The molecule has 1 aromatic carbocycles. The molecule has 1 saturated heterocycles. The molecule has 1 aromatic heterocycles. The third-order valence-electron chi connectivity index (χ3n) is 3.86. The molecule has 0 radical (unpaired) electrons. The molecule has 10 heteroatoms. The number of rotatable bonds is 2. The number of hydrogen-bond donors (Lipinski definition) is 1. The number of urea groups is 1. The molecule has 134 valence electrons. The minimum absolute atomic E-state index is 0.0340. The molecule has 1 unspecified atom stereocenters. The zero-order valence-corrected chi connectivity index (χ0v) is 12.9. The van der Waals surface area contributed by atoms with Crippen molar-refractivity contribution in [3.63, 3.8) is 0 Å². The zero-order valence-electron chi connectivity index (χ0n) is 12.9. The molecule has 1 aliphatic heterocycles. The largest absolute Gasteiger partial charge is 0.470 e. The summed E-state index contributed by atoms with van der Waals surface area (Å²) in [6.45, 7) is 0.511. The fraction of sp³-hybridized carbons (Fsp3) is 0.400. The summed E-state index contributed by atoms with van der Waals surface area (Å²) in [4.78, 5) is 13.6. The molecule has 1 fully saturated rings. The number of para-hydroxylation sites is 1. The van der Waals surface area contributed by atoms with Crippen molar-refractivity contribution >= 4 is 11.7 Å². The highest BCUT2D eigenvalue weighted by Gasteiger charge is 2.39. The first kappa shape index (κ1) is 17.2. The maximum atomic E-state index is 13.6. The van der Waals surface area contributed by atoms with Crippen LogP contribution in [0.15, 0.2) is 28.7 Å². The van der Waals surface area contributed by atoms with Crippen LogP contribution in [0.1, 0.15) is 30.5 Å². The van der Waals surface area contributed by atoms with E-state index in [1.54, 1.807) is 6.07 Å². The van der Waals surface area contributed by atoms with Gasteiger partial charge in [0.1, 0.15) is 5.82 Å². The number of carbonyl (C=O) groups is 1. The molecule has 25 heavy (non-hydrogen) atoms.